The maximum absolute atomic E-state index is 13.0. The van der Waals surface area contributed by atoms with E-state index in [-0.39, 0.29) is 11.8 Å². The van der Waals surface area contributed by atoms with Gasteiger partial charge < -0.3 is 9.80 Å². The van der Waals surface area contributed by atoms with Crippen molar-refractivity contribution in [1.29, 1.82) is 0 Å². The molecule has 0 unspecified atom stereocenters. The van der Waals surface area contributed by atoms with Crippen LogP contribution in [-0.4, -0.2) is 47.8 Å². The first-order valence-corrected chi connectivity index (χ1v) is 10.8. The molecule has 2 heterocycles. The highest BCUT2D eigenvalue weighted by Crippen LogP contribution is 2.30. The first kappa shape index (κ1) is 19.7. The second kappa shape index (κ2) is 8.81. The lowest BCUT2D eigenvalue weighted by Crippen LogP contribution is -2.46. The highest BCUT2D eigenvalue weighted by Gasteiger charge is 2.32. The van der Waals surface area contributed by atoms with Gasteiger partial charge in [-0.05, 0) is 56.2 Å². The highest BCUT2D eigenvalue weighted by atomic mass is 16.2. The normalized spacial score (nSPS) is 18.7. The van der Waals surface area contributed by atoms with Crippen LogP contribution in [0.4, 0.5) is 0 Å². The number of carbonyl (C=O) groups excluding carboxylic acids is 2. The van der Waals surface area contributed by atoms with Crippen molar-refractivity contribution in [3.05, 3.63) is 71.3 Å². The van der Waals surface area contributed by atoms with Gasteiger partial charge in [0, 0.05) is 37.7 Å². The molecule has 0 N–H and O–H groups in total. The molecule has 2 aromatic carbocycles. The molecule has 0 bridgehead atoms. The Kier molecular flexibility index (Phi) is 5.98. The number of piperidine rings is 2. The van der Waals surface area contributed by atoms with Gasteiger partial charge in [0.15, 0.2) is 0 Å². The molecule has 4 rings (SSSR count). The molecule has 0 aliphatic carbocycles. The molecule has 4 heteroatoms. The summed E-state index contributed by atoms with van der Waals surface area (Å²) in [5.41, 5.74) is 3.28. The van der Waals surface area contributed by atoms with Crippen molar-refractivity contribution in [2.24, 2.45) is 5.92 Å². The molecule has 29 heavy (non-hydrogen) atoms. The minimum Gasteiger partial charge on any atom is -0.342 e. The van der Waals surface area contributed by atoms with Crippen LogP contribution in [0.3, 0.4) is 0 Å². The van der Waals surface area contributed by atoms with E-state index in [0.717, 1.165) is 49.9 Å². The Bertz CT molecular complexity index is 831. The summed E-state index contributed by atoms with van der Waals surface area (Å²) < 4.78 is 0. The Hall–Kier alpha value is -2.62. The quantitative estimate of drug-likeness (QED) is 0.786. The van der Waals surface area contributed by atoms with Gasteiger partial charge in [-0.2, -0.15) is 0 Å². The van der Waals surface area contributed by atoms with Crippen molar-refractivity contribution in [2.45, 2.75) is 38.5 Å². The molecular formula is C25H30N2O2. The number of amides is 2. The van der Waals surface area contributed by atoms with E-state index >= 15 is 0 Å². The van der Waals surface area contributed by atoms with E-state index in [2.05, 4.69) is 35.2 Å². The minimum atomic E-state index is 0.0605. The van der Waals surface area contributed by atoms with E-state index in [0.29, 0.717) is 24.9 Å². The molecule has 152 valence electrons. The van der Waals surface area contributed by atoms with E-state index in [9.17, 15) is 9.59 Å². The van der Waals surface area contributed by atoms with Crippen LogP contribution in [0.5, 0.6) is 0 Å². The summed E-state index contributed by atoms with van der Waals surface area (Å²) in [4.78, 5) is 29.6. The molecule has 0 saturated carbocycles. The third kappa shape index (κ3) is 4.52. The highest BCUT2D eigenvalue weighted by molar-refractivity contribution is 5.94. The lowest BCUT2D eigenvalue weighted by Gasteiger charge is -2.37. The lowest BCUT2D eigenvalue weighted by molar-refractivity contribution is -0.138. The van der Waals surface area contributed by atoms with E-state index in [1.807, 2.05) is 36.1 Å². The average Bonchev–Trinajstić information content (AvgIpc) is 2.79. The second-order valence-corrected chi connectivity index (χ2v) is 8.44. The summed E-state index contributed by atoms with van der Waals surface area (Å²) in [5.74, 6) is 0.998. The largest absolute Gasteiger partial charge is 0.342 e. The topological polar surface area (TPSA) is 40.6 Å². The Morgan fingerprint density at radius 2 is 1.34 bits per heavy atom. The number of carbonyl (C=O) groups is 2. The molecule has 2 saturated heterocycles. The van der Waals surface area contributed by atoms with E-state index in [4.69, 9.17) is 0 Å². The summed E-state index contributed by atoms with van der Waals surface area (Å²) in [6.07, 6.45) is 3.63. The predicted octanol–water partition coefficient (Wildman–Crippen LogP) is 4.25. The Balaban J connectivity index is 1.27. The van der Waals surface area contributed by atoms with E-state index in [1.165, 1.54) is 5.56 Å². The summed E-state index contributed by atoms with van der Waals surface area (Å²) in [7, 11) is 0. The number of hydrogen-bond donors (Lipinski definition) is 0. The van der Waals surface area contributed by atoms with Gasteiger partial charge in [0.05, 0.1) is 0 Å². The predicted molar refractivity (Wildman–Crippen MR) is 115 cm³/mol. The first-order valence-electron chi connectivity index (χ1n) is 10.8. The average molecular weight is 391 g/mol. The van der Waals surface area contributed by atoms with Crippen LogP contribution >= 0.6 is 0 Å². The number of hydrogen-bond acceptors (Lipinski definition) is 2. The maximum atomic E-state index is 13.0. The number of rotatable bonds is 3. The van der Waals surface area contributed by atoms with Crippen molar-refractivity contribution < 1.29 is 9.59 Å². The van der Waals surface area contributed by atoms with Gasteiger partial charge in [-0.15, -0.1) is 0 Å². The number of aryl methyl sites for hydroxylation is 1. The molecule has 2 fully saturated rings. The summed E-state index contributed by atoms with van der Waals surface area (Å²) in [6, 6.07) is 18.4. The van der Waals surface area contributed by atoms with Crippen molar-refractivity contribution in [3.8, 4) is 0 Å². The Labute approximate surface area is 173 Å². The van der Waals surface area contributed by atoms with Crippen LogP contribution in [-0.2, 0) is 4.79 Å². The molecule has 0 atom stereocenters. The summed E-state index contributed by atoms with van der Waals surface area (Å²) >= 11 is 0. The van der Waals surface area contributed by atoms with Crippen LogP contribution in [0.1, 0.15) is 53.1 Å². The molecule has 0 radical (unpaired) electrons. The van der Waals surface area contributed by atoms with Gasteiger partial charge in [-0.25, -0.2) is 0 Å². The van der Waals surface area contributed by atoms with Crippen LogP contribution in [0, 0.1) is 12.8 Å². The fourth-order valence-corrected chi connectivity index (χ4v) is 4.62. The van der Waals surface area contributed by atoms with Gasteiger partial charge in [-0.1, -0.05) is 48.0 Å². The molecule has 0 spiro atoms. The van der Waals surface area contributed by atoms with Crippen molar-refractivity contribution in [2.75, 3.05) is 26.2 Å². The summed E-state index contributed by atoms with van der Waals surface area (Å²) in [5, 5.41) is 0. The van der Waals surface area contributed by atoms with E-state index < -0.39 is 0 Å². The van der Waals surface area contributed by atoms with Crippen molar-refractivity contribution in [3.63, 3.8) is 0 Å². The van der Waals surface area contributed by atoms with Crippen LogP contribution < -0.4 is 0 Å². The molecule has 2 aliphatic rings. The van der Waals surface area contributed by atoms with Crippen LogP contribution in [0.15, 0.2) is 54.6 Å². The zero-order valence-corrected chi connectivity index (χ0v) is 17.2. The number of benzene rings is 2. The smallest absolute Gasteiger partial charge is 0.253 e. The third-order valence-corrected chi connectivity index (χ3v) is 6.51. The molecule has 4 nitrogen and oxygen atoms in total. The lowest BCUT2D eigenvalue weighted by atomic mass is 9.88. The summed E-state index contributed by atoms with van der Waals surface area (Å²) in [6.45, 7) is 5.06. The van der Waals surface area contributed by atoms with Gasteiger partial charge in [0.1, 0.15) is 0 Å². The maximum Gasteiger partial charge on any atom is 0.253 e. The zero-order chi connectivity index (χ0) is 20.2. The van der Waals surface area contributed by atoms with Gasteiger partial charge in [-0.3, -0.25) is 9.59 Å². The molecular weight excluding hydrogens is 360 g/mol. The third-order valence-electron chi connectivity index (χ3n) is 6.51. The fourth-order valence-electron chi connectivity index (χ4n) is 4.62. The number of likely N-dealkylation sites (tertiary alicyclic amines) is 2. The Morgan fingerprint density at radius 1 is 0.759 bits per heavy atom. The monoisotopic (exact) mass is 390 g/mol. The van der Waals surface area contributed by atoms with Gasteiger partial charge in [0.2, 0.25) is 5.91 Å². The standard InChI is InChI=1S/C25H30N2O2/c1-19-7-9-22(10-8-19)24(28)27-17-13-23(14-18-27)25(29)26-15-11-21(12-16-26)20-5-3-2-4-6-20/h2-10,21,23H,11-18H2,1H3. The molecule has 2 amide bonds. The Morgan fingerprint density at radius 3 is 1.97 bits per heavy atom. The molecule has 2 aromatic rings. The van der Waals surface area contributed by atoms with Crippen molar-refractivity contribution in [1.82, 2.24) is 9.80 Å². The van der Waals surface area contributed by atoms with Gasteiger partial charge >= 0.3 is 0 Å². The SMILES string of the molecule is Cc1ccc(C(=O)N2CCC(C(=O)N3CCC(c4ccccc4)CC3)CC2)cc1. The molecule has 0 aromatic heterocycles. The number of nitrogens with zero attached hydrogens (tertiary/aromatic N) is 2. The second-order valence-electron chi connectivity index (χ2n) is 8.44. The fraction of sp³-hybridized carbons (Fsp3) is 0.440. The first-order chi connectivity index (χ1) is 14.1. The van der Waals surface area contributed by atoms with Crippen LogP contribution in [0.25, 0.3) is 0 Å². The van der Waals surface area contributed by atoms with Gasteiger partial charge in [0.25, 0.3) is 5.91 Å². The molecule has 2 aliphatic heterocycles. The van der Waals surface area contributed by atoms with Crippen LogP contribution in [0.2, 0.25) is 0 Å². The zero-order valence-electron chi connectivity index (χ0n) is 17.2. The van der Waals surface area contributed by atoms with E-state index in [1.54, 1.807) is 0 Å². The minimum absolute atomic E-state index is 0.0605. The van der Waals surface area contributed by atoms with Crippen molar-refractivity contribution >= 4 is 11.8 Å².